The number of hydrogen-bond acceptors (Lipinski definition) is 11. The van der Waals surface area contributed by atoms with Crippen LogP contribution in [0.5, 0.6) is 0 Å². The molecule has 2 saturated heterocycles. The first-order valence-electron chi connectivity index (χ1n) is 17.9. The molecule has 1 aromatic rings. The third-order valence-electron chi connectivity index (χ3n) is 8.62. The van der Waals surface area contributed by atoms with Gasteiger partial charge in [0.25, 0.3) is 0 Å². The standard InChI is InChI=1S/C34H48AsN7O11S2/c43-26(7-4-3-6-25-31-23(18-55-25)41-34(52)42-31)36-15-5-1-2-8-27(44)39-22(33(50)51)13-14-28(45)40-24(32(49)37-16-30(47)48)17-54-19-29(46)38-21-11-9-20(35-53)10-12-21/h9-12,22-25,31H,1-8,13-19H2,(H,36,43)(H,37,49)(H,38,46)(H,39,44)(H,40,45)(H,47,48)(H,50,51)(H2,41,42,52)/t22-,23-,24-,25?,31-/m0/s1. The number of unbranched alkanes of at least 4 members (excludes halogenated alkanes) is 3. The minimum absolute atomic E-state index is 0.0457. The molecule has 2 fully saturated rings. The molecule has 3 rings (SSSR count). The van der Waals surface area contributed by atoms with Crippen LogP contribution < -0.4 is 41.6 Å². The molecule has 1 unspecified atom stereocenters. The molecule has 9 N–H and O–H groups in total. The van der Waals surface area contributed by atoms with Crippen LogP contribution in [0.1, 0.15) is 64.2 Å². The van der Waals surface area contributed by atoms with E-state index >= 15 is 0 Å². The minimum atomic E-state index is -1.37. The molecule has 55 heavy (non-hydrogen) atoms. The Kier molecular flexibility index (Phi) is 20.0. The van der Waals surface area contributed by atoms with Gasteiger partial charge in [-0.3, -0.25) is 19.2 Å². The summed E-state index contributed by atoms with van der Waals surface area (Å²) in [6.07, 6.45) is 4.09. The van der Waals surface area contributed by atoms with Gasteiger partial charge >= 0.3 is 144 Å². The number of rotatable bonds is 26. The second kappa shape index (κ2) is 24.4. The van der Waals surface area contributed by atoms with Gasteiger partial charge in [-0.05, 0) is 32.1 Å². The van der Waals surface area contributed by atoms with Crippen molar-refractivity contribution in [1.29, 1.82) is 0 Å². The predicted octanol–water partition coefficient (Wildman–Crippen LogP) is -0.529. The van der Waals surface area contributed by atoms with Gasteiger partial charge in [-0.2, -0.15) is 11.8 Å². The van der Waals surface area contributed by atoms with Crippen molar-refractivity contribution < 1.29 is 52.3 Å². The molecule has 0 bridgehead atoms. The Morgan fingerprint density at radius 3 is 2.24 bits per heavy atom. The quantitative estimate of drug-likeness (QED) is 0.0322. The number of carboxylic acids is 2. The molecule has 1 aromatic carbocycles. The maximum atomic E-state index is 12.7. The van der Waals surface area contributed by atoms with E-state index in [1.54, 1.807) is 24.3 Å². The summed E-state index contributed by atoms with van der Waals surface area (Å²) in [5.41, 5.74) is 0.477. The topological polar surface area (TPSA) is 278 Å². The van der Waals surface area contributed by atoms with E-state index in [4.69, 9.17) is 5.11 Å². The van der Waals surface area contributed by atoms with E-state index in [0.29, 0.717) is 47.5 Å². The van der Waals surface area contributed by atoms with Gasteiger partial charge in [-0.25, -0.2) is 9.59 Å². The summed E-state index contributed by atoms with van der Waals surface area (Å²) in [7, 11) is 0. The van der Waals surface area contributed by atoms with Gasteiger partial charge in [0.15, 0.2) is 0 Å². The zero-order valence-corrected chi connectivity index (χ0v) is 33.6. The summed E-state index contributed by atoms with van der Waals surface area (Å²) in [5, 5.41) is 37.3. The number of carbonyl (C=O) groups is 8. The third-order valence-corrected chi connectivity index (χ3v) is 12.2. The average Bonchev–Trinajstić information content (AvgIpc) is 3.70. The van der Waals surface area contributed by atoms with E-state index in [0.717, 1.165) is 36.8 Å². The molecule has 0 aromatic heterocycles. The Bertz CT molecular complexity index is 1540. The Morgan fingerprint density at radius 1 is 0.836 bits per heavy atom. The molecule has 0 aliphatic carbocycles. The van der Waals surface area contributed by atoms with Gasteiger partial charge in [-0.1, -0.05) is 12.8 Å². The molecule has 302 valence electrons. The van der Waals surface area contributed by atoms with E-state index in [1.165, 1.54) is 0 Å². The number of amides is 7. The number of urea groups is 1. The van der Waals surface area contributed by atoms with Crippen molar-refractivity contribution in [2.45, 2.75) is 93.6 Å². The van der Waals surface area contributed by atoms with Crippen LogP contribution in [0.3, 0.4) is 0 Å². The van der Waals surface area contributed by atoms with E-state index in [1.807, 2.05) is 11.8 Å². The first kappa shape index (κ1) is 45.2. The van der Waals surface area contributed by atoms with E-state index in [2.05, 4.69) is 37.2 Å². The number of benzene rings is 1. The van der Waals surface area contributed by atoms with Crippen LogP contribution in [-0.2, 0) is 37.3 Å². The van der Waals surface area contributed by atoms with Crippen molar-refractivity contribution in [3.63, 3.8) is 0 Å². The Morgan fingerprint density at radius 2 is 1.53 bits per heavy atom. The molecule has 2 aliphatic rings. The molecule has 21 heteroatoms. The summed E-state index contributed by atoms with van der Waals surface area (Å²) in [4.78, 5) is 96.6. The van der Waals surface area contributed by atoms with Gasteiger partial charge in [0.05, 0.1) is 12.1 Å². The molecule has 2 aliphatic heterocycles. The van der Waals surface area contributed by atoms with Crippen molar-refractivity contribution in [3.05, 3.63) is 24.3 Å². The Balaban J connectivity index is 1.29. The van der Waals surface area contributed by atoms with Crippen LogP contribution in [0.4, 0.5) is 10.5 Å². The molecule has 2 heterocycles. The number of nitrogens with one attached hydrogen (secondary N) is 7. The fourth-order valence-corrected chi connectivity index (χ4v) is 8.74. The third kappa shape index (κ3) is 17.5. The number of fused-ring (bicyclic) bond motifs is 1. The normalized spacial score (nSPS) is 18.2. The molecule has 7 amide bonds. The second-order valence-electron chi connectivity index (χ2n) is 13.0. The fourth-order valence-electron chi connectivity index (χ4n) is 5.78. The summed E-state index contributed by atoms with van der Waals surface area (Å²) in [6, 6.07) is 4.03. The van der Waals surface area contributed by atoms with Gasteiger partial charge in [0, 0.05) is 36.8 Å². The van der Waals surface area contributed by atoms with Gasteiger partial charge in [0.1, 0.15) is 12.6 Å². The first-order chi connectivity index (χ1) is 26.3. The fraction of sp³-hybridized carbons (Fsp3) is 0.588. The van der Waals surface area contributed by atoms with Crippen LogP contribution in [0.25, 0.3) is 0 Å². The molecular formula is C34H48AsN7O11S2. The number of hydrogen-bond donors (Lipinski definition) is 9. The monoisotopic (exact) mass is 869 g/mol. The molecule has 0 saturated carbocycles. The van der Waals surface area contributed by atoms with Crippen molar-refractivity contribution in [1.82, 2.24) is 31.9 Å². The predicted molar refractivity (Wildman–Crippen MR) is 205 cm³/mol. The number of thioether (sulfide) groups is 2. The summed E-state index contributed by atoms with van der Waals surface area (Å²) in [5.74, 6) is -4.47. The van der Waals surface area contributed by atoms with Crippen molar-refractivity contribution >= 4 is 96.8 Å². The zero-order chi connectivity index (χ0) is 40.2. The molecule has 18 nitrogen and oxygen atoms in total. The maximum absolute atomic E-state index is 12.7. The van der Waals surface area contributed by atoms with Gasteiger partial charge < -0.3 is 31.5 Å². The second-order valence-corrected chi connectivity index (χ2v) is 16.7. The van der Waals surface area contributed by atoms with Crippen LogP contribution >= 0.6 is 23.5 Å². The van der Waals surface area contributed by atoms with E-state index in [9.17, 15) is 47.2 Å². The summed E-state index contributed by atoms with van der Waals surface area (Å²) < 4.78 is 11.7. The van der Waals surface area contributed by atoms with Crippen LogP contribution in [-0.4, -0.2) is 133 Å². The average molecular weight is 870 g/mol. The Labute approximate surface area is 333 Å². The molecular weight excluding hydrogens is 821 g/mol. The van der Waals surface area contributed by atoms with Gasteiger partial charge in [0.2, 0.25) is 11.8 Å². The number of aliphatic carboxylic acids is 2. The van der Waals surface area contributed by atoms with E-state index < -0.39 is 69.9 Å². The summed E-state index contributed by atoms with van der Waals surface area (Å²) >= 11 is 1.65. The summed E-state index contributed by atoms with van der Waals surface area (Å²) in [6.45, 7) is -0.253. The SMILES string of the molecule is O=[As]c1ccc(NC(=O)CSC[C@H](NC(=O)CC[C@H](NC(=O)CCCCCNC(=O)CCCCC2SC[C@@H]3NC(=O)N[C@H]23)C(=O)O)C(=O)NCC(=O)O)cc1. The van der Waals surface area contributed by atoms with Crippen molar-refractivity contribution in [3.8, 4) is 0 Å². The van der Waals surface area contributed by atoms with Crippen LogP contribution in [0.2, 0.25) is 0 Å². The number of anilines is 1. The number of carboxylic acid groups (broad SMARTS) is 2. The molecule has 0 spiro atoms. The van der Waals surface area contributed by atoms with Crippen molar-refractivity contribution in [2.75, 3.05) is 35.7 Å². The van der Waals surface area contributed by atoms with Crippen LogP contribution in [0, 0.1) is 0 Å². The molecule has 5 atom stereocenters. The Hall–Kier alpha value is -4.16. The van der Waals surface area contributed by atoms with Crippen molar-refractivity contribution in [2.24, 2.45) is 0 Å². The molecule has 0 radical (unpaired) electrons. The zero-order valence-electron chi connectivity index (χ0n) is 30.1. The van der Waals surface area contributed by atoms with Crippen LogP contribution in [0.15, 0.2) is 24.3 Å². The van der Waals surface area contributed by atoms with Gasteiger partial charge in [-0.15, -0.1) is 0 Å². The number of carbonyl (C=O) groups excluding carboxylic acids is 6. The first-order valence-corrected chi connectivity index (χ1v) is 21.8. The van der Waals surface area contributed by atoms with E-state index in [-0.39, 0.29) is 54.8 Å².